The molecule has 0 spiro atoms. The van der Waals surface area contributed by atoms with Gasteiger partial charge in [0.1, 0.15) is 11.0 Å². The van der Waals surface area contributed by atoms with Crippen molar-refractivity contribution in [3.8, 4) is 5.75 Å². The van der Waals surface area contributed by atoms with Crippen LogP contribution in [0.2, 0.25) is 0 Å². The minimum Gasteiger partial charge on any atom is -0.494 e. The number of rotatable bonds is 7. The third-order valence-corrected chi connectivity index (χ3v) is 5.27. The van der Waals surface area contributed by atoms with Crippen molar-refractivity contribution in [2.75, 3.05) is 30.9 Å². The van der Waals surface area contributed by atoms with E-state index in [2.05, 4.69) is 15.6 Å². The lowest BCUT2D eigenvalue weighted by Crippen LogP contribution is -2.28. The number of carbonyl (C=O) groups excluding carboxylic acids is 2. The molecule has 1 unspecified atom stereocenters. The third kappa shape index (κ3) is 5.74. The molecule has 0 saturated carbocycles. The molecule has 1 aliphatic heterocycles. The predicted molar refractivity (Wildman–Crippen MR) is 118 cm³/mol. The van der Waals surface area contributed by atoms with Crippen molar-refractivity contribution in [1.82, 2.24) is 5.32 Å². The van der Waals surface area contributed by atoms with Crippen LogP contribution in [0, 0.1) is 0 Å². The van der Waals surface area contributed by atoms with Crippen LogP contribution in [0.5, 0.6) is 5.75 Å². The lowest BCUT2D eigenvalue weighted by atomic mass is 10.2. The highest BCUT2D eigenvalue weighted by molar-refractivity contribution is 8.15. The molecule has 152 valence electrons. The number of aliphatic imine (C=N–C) groups is 1. The molecule has 0 aromatic heterocycles. The Morgan fingerprint density at radius 3 is 2.48 bits per heavy atom. The molecule has 2 aromatic carbocycles. The van der Waals surface area contributed by atoms with Crippen molar-refractivity contribution in [2.45, 2.75) is 18.6 Å². The molecule has 1 heterocycles. The Labute approximate surface area is 174 Å². The first-order chi connectivity index (χ1) is 13.9. The van der Waals surface area contributed by atoms with E-state index in [0.29, 0.717) is 17.5 Å². The predicted octanol–water partition coefficient (Wildman–Crippen LogP) is 3.40. The summed E-state index contributed by atoms with van der Waals surface area (Å²) in [5, 5.41) is 5.56. The molecule has 1 saturated heterocycles. The molecule has 29 heavy (non-hydrogen) atoms. The molecule has 1 atom stereocenters. The van der Waals surface area contributed by atoms with E-state index in [-0.39, 0.29) is 18.2 Å². The summed E-state index contributed by atoms with van der Waals surface area (Å²) in [7, 11) is 3.94. The Morgan fingerprint density at radius 2 is 1.86 bits per heavy atom. The Balaban J connectivity index is 1.56. The summed E-state index contributed by atoms with van der Waals surface area (Å²) < 4.78 is 5.38. The monoisotopic (exact) mass is 412 g/mol. The molecule has 0 radical (unpaired) electrons. The van der Waals surface area contributed by atoms with Gasteiger partial charge in [0.05, 0.1) is 12.3 Å². The summed E-state index contributed by atoms with van der Waals surface area (Å²) in [5.41, 5.74) is 2.48. The second-order valence-corrected chi connectivity index (χ2v) is 7.82. The standard InChI is InChI=1S/C21H24N4O3S/c1-4-28-17-11-7-14(8-12-17)22-19(26)13-18-20(27)24-21(29-18)23-15-5-9-16(10-6-15)25(2)3/h5-12,18H,4,13H2,1-3H3,(H,22,26)(H,23,24,27). The SMILES string of the molecule is CCOc1ccc(NC(=O)CC2SC(=Nc3ccc(N(C)C)cc3)NC2=O)cc1. The summed E-state index contributed by atoms with van der Waals surface area (Å²) in [6, 6.07) is 14.8. The third-order valence-electron chi connectivity index (χ3n) is 4.19. The van der Waals surface area contributed by atoms with Gasteiger partial charge in [0.25, 0.3) is 0 Å². The van der Waals surface area contributed by atoms with Gasteiger partial charge in [-0.15, -0.1) is 0 Å². The first-order valence-corrected chi connectivity index (χ1v) is 10.2. The van der Waals surface area contributed by atoms with E-state index in [1.807, 2.05) is 50.2 Å². The first kappa shape index (κ1) is 20.7. The van der Waals surface area contributed by atoms with Gasteiger partial charge in [-0.1, -0.05) is 11.8 Å². The molecule has 2 amide bonds. The molecule has 8 heteroatoms. The molecule has 1 aliphatic rings. The molecule has 7 nitrogen and oxygen atoms in total. The molecule has 1 fully saturated rings. The van der Waals surface area contributed by atoms with Gasteiger partial charge in [0, 0.05) is 31.9 Å². The molecule has 0 bridgehead atoms. The molecular formula is C21H24N4O3S. The minimum absolute atomic E-state index is 0.0717. The lowest BCUT2D eigenvalue weighted by molar-refractivity contribution is -0.122. The number of anilines is 2. The highest BCUT2D eigenvalue weighted by atomic mass is 32.2. The van der Waals surface area contributed by atoms with Gasteiger partial charge in [-0.2, -0.15) is 0 Å². The second kappa shape index (κ2) is 9.47. The van der Waals surface area contributed by atoms with Crippen molar-refractivity contribution >= 4 is 45.8 Å². The molecule has 0 aliphatic carbocycles. The highest BCUT2D eigenvalue weighted by Gasteiger charge is 2.32. The molecular weight excluding hydrogens is 388 g/mol. The van der Waals surface area contributed by atoms with E-state index in [0.717, 1.165) is 17.1 Å². The second-order valence-electron chi connectivity index (χ2n) is 6.63. The summed E-state index contributed by atoms with van der Waals surface area (Å²) >= 11 is 1.27. The number of carbonyl (C=O) groups is 2. The number of hydrogen-bond donors (Lipinski definition) is 2. The normalized spacial score (nSPS) is 17.1. The largest absolute Gasteiger partial charge is 0.494 e. The summed E-state index contributed by atoms with van der Waals surface area (Å²) in [6.07, 6.45) is 0.0717. The van der Waals surface area contributed by atoms with E-state index >= 15 is 0 Å². The van der Waals surface area contributed by atoms with E-state index in [1.54, 1.807) is 24.3 Å². The van der Waals surface area contributed by atoms with Crippen LogP contribution in [0.3, 0.4) is 0 Å². The van der Waals surface area contributed by atoms with E-state index in [1.165, 1.54) is 11.8 Å². The zero-order valence-electron chi connectivity index (χ0n) is 16.6. The molecule has 2 N–H and O–H groups in total. The van der Waals surface area contributed by atoms with Crippen LogP contribution < -0.4 is 20.3 Å². The fourth-order valence-electron chi connectivity index (χ4n) is 2.72. The summed E-state index contributed by atoms with van der Waals surface area (Å²) in [5.74, 6) is 0.314. The molecule has 2 aromatic rings. The number of nitrogens with one attached hydrogen (secondary N) is 2. The maximum Gasteiger partial charge on any atom is 0.240 e. The van der Waals surface area contributed by atoms with Crippen LogP contribution in [0.1, 0.15) is 13.3 Å². The topological polar surface area (TPSA) is 83.0 Å². The lowest BCUT2D eigenvalue weighted by Gasteiger charge is -2.11. The Bertz CT molecular complexity index is 895. The van der Waals surface area contributed by atoms with E-state index < -0.39 is 5.25 Å². The van der Waals surface area contributed by atoms with Crippen molar-refractivity contribution in [1.29, 1.82) is 0 Å². The zero-order chi connectivity index (χ0) is 20.8. The van der Waals surface area contributed by atoms with Crippen LogP contribution in [0.25, 0.3) is 0 Å². The smallest absolute Gasteiger partial charge is 0.240 e. The number of amidine groups is 1. The van der Waals surface area contributed by atoms with Crippen molar-refractivity contribution in [3.05, 3.63) is 48.5 Å². The Kier molecular flexibility index (Phi) is 6.77. The fourth-order valence-corrected chi connectivity index (χ4v) is 3.70. The first-order valence-electron chi connectivity index (χ1n) is 9.31. The van der Waals surface area contributed by atoms with Crippen molar-refractivity contribution in [2.24, 2.45) is 4.99 Å². The van der Waals surface area contributed by atoms with Gasteiger partial charge in [-0.05, 0) is 55.5 Å². The number of nitrogens with zero attached hydrogens (tertiary/aromatic N) is 2. The number of benzene rings is 2. The zero-order valence-corrected chi connectivity index (χ0v) is 17.5. The van der Waals surface area contributed by atoms with Crippen LogP contribution in [-0.2, 0) is 9.59 Å². The van der Waals surface area contributed by atoms with Gasteiger partial charge >= 0.3 is 0 Å². The average molecular weight is 413 g/mol. The van der Waals surface area contributed by atoms with Crippen LogP contribution in [0.4, 0.5) is 17.1 Å². The number of thioether (sulfide) groups is 1. The van der Waals surface area contributed by atoms with Gasteiger partial charge in [-0.3, -0.25) is 9.59 Å². The van der Waals surface area contributed by atoms with Crippen LogP contribution in [0.15, 0.2) is 53.5 Å². The van der Waals surface area contributed by atoms with Gasteiger partial charge < -0.3 is 20.3 Å². The van der Waals surface area contributed by atoms with Crippen molar-refractivity contribution < 1.29 is 14.3 Å². The summed E-state index contributed by atoms with van der Waals surface area (Å²) in [4.78, 5) is 31.0. The maximum atomic E-state index is 12.3. The fraction of sp³-hybridized carbons (Fsp3) is 0.286. The van der Waals surface area contributed by atoms with Gasteiger partial charge in [0.15, 0.2) is 5.17 Å². The van der Waals surface area contributed by atoms with Crippen LogP contribution in [-0.4, -0.2) is 42.9 Å². The van der Waals surface area contributed by atoms with E-state index in [9.17, 15) is 9.59 Å². The number of hydrogen-bond acceptors (Lipinski definition) is 6. The van der Waals surface area contributed by atoms with Crippen LogP contribution >= 0.6 is 11.8 Å². The number of amides is 2. The van der Waals surface area contributed by atoms with Gasteiger partial charge in [-0.25, -0.2) is 4.99 Å². The Morgan fingerprint density at radius 1 is 1.17 bits per heavy atom. The van der Waals surface area contributed by atoms with Crippen molar-refractivity contribution in [3.63, 3.8) is 0 Å². The quantitative estimate of drug-likeness (QED) is 0.728. The van der Waals surface area contributed by atoms with E-state index in [4.69, 9.17) is 4.74 Å². The minimum atomic E-state index is -0.502. The average Bonchev–Trinajstić information content (AvgIpc) is 3.02. The maximum absolute atomic E-state index is 12.3. The number of ether oxygens (including phenoxy) is 1. The molecule has 3 rings (SSSR count). The summed E-state index contributed by atoms with van der Waals surface area (Å²) in [6.45, 7) is 2.50. The van der Waals surface area contributed by atoms with Gasteiger partial charge in [0.2, 0.25) is 11.8 Å². The highest BCUT2D eigenvalue weighted by Crippen LogP contribution is 2.26. The Hall–Kier alpha value is -3.00.